The van der Waals surface area contributed by atoms with Crippen LogP contribution in [0, 0.1) is 0 Å². The smallest absolute Gasteiger partial charge is 0.187 e. The predicted molar refractivity (Wildman–Crippen MR) is 141 cm³/mol. The predicted octanol–water partition coefficient (Wildman–Crippen LogP) is -5.98. The van der Waals surface area contributed by atoms with E-state index in [0.717, 1.165) is 0 Å². The molecule has 3 fully saturated rings. The largest absolute Gasteiger partial charge is 0.394 e. The first kappa shape index (κ1) is 37.7. The first-order chi connectivity index (χ1) is 20.9. The molecule has 0 amide bonds. The van der Waals surface area contributed by atoms with E-state index < -0.39 is 124 Å². The van der Waals surface area contributed by atoms with E-state index in [9.17, 15) is 56.2 Å². The first-order valence-corrected chi connectivity index (χ1v) is 14.7. The lowest BCUT2D eigenvalue weighted by atomic mass is 9.96. The van der Waals surface area contributed by atoms with Crippen molar-refractivity contribution in [3.8, 4) is 0 Å². The Morgan fingerprint density at radius 3 is 1.41 bits per heavy atom. The minimum Gasteiger partial charge on any atom is -0.394 e. The van der Waals surface area contributed by atoms with Crippen LogP contribution in [0.3, 0.4) is 0 Å². The number of rotatable bonds is 15. The number of hydrogen-bond acceptors (Lipinski definition) is 18. The van der Waals surface area contributed by atoms with E-state index in [0.29, 0.717) is 12.8 Å². The van der Waals surface area contributed by atoms with E-state index in [1.165, 1.54) is 0 Å². The van der Waals surface area contributed by atoms with Gasteiger partial charge < -0.3 is 89.3 Å². The Hall–Kier alpha value is -0.720. The fraction of sp³-hybridized carbons (Fsp3) is 1.00. The van der Waals surface area contributed by atoms with E-state index in [2.05, 4.69) is 0 Å². The van der Waals surface area contributed by atoms with Gasteiger partial charge in [-0.3, -0.25) is 0 Å². The monoisotopic (exact) mass is 648 g/mol. The average molecular weight is 649 g/mol. The fourth-order valence-electron chi connectivity index (χ4n) is 5.14. The summed E-state index contributed by atoms with van der Waals surface area (Å²) < 4.78 is 39.0. The van der Waals surface area contributed by atoms with Crippen LogP contribution in [0.25, 0.3) is 0 Å². The van der Waals surface area contributed by atoms with Crippen molar-refractivity contribution in [1.82, 2.24) is 0 Å². The summed E-state index contributed by atoms with van der Waals surface area (Å²) in [4.78, 5) is 0. The van der Waals surface area contributed by atoms with E-state index in [1.54, 1.807) is 6.92 Å². The molecular formula is C26H48O18. The van der Waals surface area contributed by atoms with Crippen molar-refractivity contribution in [2.45, 2.75) is 131 Å². The van der Waals surface area contributed by atoms with E-state index in [-0.39, 0.29) is 13.2 Å². The molecule has 44 heavy (non-hydrogen) atoms. The highest BCUT2D eigenvalue weighted by Gasteiger charge is 2.53. The zero-order valence-corrected chi connectivity index (χ0v) is 24.5. The van der Waals surface area contributed by atoms with Crippen LogP contribution in [0.2, 0.25) is 0 Å². The molecule has 0 aliphatic carbocycles. The molecule has 260 valence electrons. The lowest BCUT2D eigenvalue weighted by molar-refractivity contribution is -0.381. The third-order valence-corrected chi connectivity index (χ3v) is 8.03. The van der Waals surface area contributed by atoms with E-state index in [4.69, 9.17) is 33.2 Å². The van der Waals surface area contributed by atoms with Gasteiger partial charge >= 0.3 is 0 Å². The summed E-state index contributed by atoms with van der Waals surface area (Å²) in [7, 11) is 0. The van der Waals surface area contributed by atoms with Crippen LogP contribution in [-0.4, -0.2) is 194 Å². The van der Waals surface area contributed by atoms with Crippen LogP contribution in [0.5, 0.6) is 0 Å². The highest BCUT2D eigenvalue weighted by molar-refractivity contribution is 4.96. The Balaban J connectivity index is 1.66. The molecule has 0 spiro atoms. The molecule has 0 aromatic carbocycles. The summed E-state index contributed by atoms with van der Waals surface area (Å²) in [6, 6.07) is 0. The Kier molecular flexibility index (Phi) is 15.0. The summed E-state index contributed by atoms with van der Waals surface area (Å²) in [5.74, 6) is 0. The van der Waals surface area contributed by atoms with Gasteiger partial charge in [0.2, 0.25) is 0 Å². The van der Waals surface area contributed by atoms with Crippen molar-refractivity contribution in [3.63, 3.8) is 0 Å². The molecule has 18 nitrogen and oxygen atoms in total. The highest BCUT2D eigenvalue weighted by Crippen LogP contribution is 2.33. The molecule has 8 unspecified atom stereocenters. The van der Waals surface area contributed by atoms with Crippen molar-refractivity contribution in [2.24, 2.45) is 0 Å². The molecular weight excluding hydrogens is 600 g/mol. The third kappa shape index (κ3) is 8.59. The Morgan fingerprint density at radius 1 is 0.523 bits per heavy atom. The van der Waals surface area contributed by atoms with Crippen molar-refractivity contribution >= 4 is 0 Å². The van der Waals surface area contributed by atoms with E-state index in [1.807, 2.05) is 6.92 Å². The number of aliphatic hydroxyl groups is 11. The second-order valence-electron chi connectivity index (χ2n) is 11.0. The zero-order chi connectivity index (χ0) is 32.7. The van der Waals surface area contributed by atoms with Gasteiger partial charge in [-0.1, -0.05) is 13.8 Å². The summed E-state index contributed by atoms with van der Waals surface area (Å²) in [6.07, 6.45) is -24.8. The molecule has 3 aliphatic rings. The minimum absolute atomic E-state index is 0.0524. The van der Waals surface area contributed by atoms with Gasteiger partial charge in [0.05, 0.1) is 45.2 Å². The Bertz CT molecular complexity index is 816. The molecule has 0 bridgehead atoms. The lowest BCUT2D eigenvalue weighted by Crippen LogP contribution is -2.66. The second kappa shape index (κ2) is 17.4. The molecule has 0 saturated carbocycles. The van der Waals surface area contributed by atoms with Crippen molar-refractivity contribution < 1.29 is 89.3 Å². The minimum atomic E-state index is -1.93. The molecule has 0 radical (unpaired) electrons. The first-order valence-electron chi connectivity index (χ1n) is 14.7. The summed E-state index contributed by atoms with van der Waals surface area (Å²) in [6.45, 7) is 1.17. The molecule has 3 saturated heterocycles. The van der Waals surface area contributed by atoms with Crippen molar-refractivity contribution in [3.05, 3.63) is 0 Å². The summed E-state index contributed by atoms with van der Waals surface area (Å²) in [5.41, 5.74) is 0. The van der Waals surface area contributed by atoms with Crippen LogP contribution in [0.1, 0.15) is 26.7 Å². The molecule has 0 aromatic heterocycles. The Morgan fingerprint density at radius 2 is 0.955 bits per heavy atom. The SMILES string of the molecule is CCC(CO)OCC(CC)O[C@@H]1OC(CO)[C@H](O[C@@H]2OC(CO)[C@H](O[C@@H]3OC(CO)[C@H](O)[C@H](O)C3O)[C@H](O)C2O)[C@H](O)C1O. The van der Waals surface area contributed by atoms with Gasteiger partial charge in [-0.2, -0.15) is 0 Å². The fourth-order valence-corrected chi connectivity index (χ4v) is 5.14. The average Bonchev–Trinajstić information content (AvgIpc) is 3.03. The van der Waals surface area contributed by atoms with Crippen LogP contribution in [0.4, 0.5) is 0 Å². The molecule has 3 rings (SSSR count). The second-order valence-corrected chi connectivity index (χ2v) is 11.0. The quantitative estimate of drug-likeness (QED) is 0.0788. The highest BCUT2D eigenvalue weighted by atomic mass is 16.8. The van der Waals surface area contributed by atoms with Gasteiger partial charge in [0.25, 0.3) is 0 Å². The van der Waals surface area contributed by atoms with E-state index >= 15 is 0 Å². The van der Waals surface area contributed by atoms with Crippen molar-refractivity contribution in [1.29, 1.82) is 0 Å². The normalized spacial score (nSPS) is 44.8. The van der Waals surface area contributed by atoms with Crippen LogP contribution < -0.4 is 0 Å². The molecule has 3 heterocycles. The summed E-state index contributed by atoms with van der Waals surface area (Å²) >= 11 is 0. The van der Waals surface area contributed by atoms with Gasteiger partial charge in [-0.25, -0.2) is 0 Å². The number of aliphatic hydroxyl groups excluding tert-OH is 11. The topological polar surface area (TPSA) is 287 Å². The molecule has 11 N–H and O–H groups in total. The maximum absolute atomic E-state index is 10.9. The maximum atomic E-state index is 10.9. The van der Waals surface area contributed by atoms with Crippen LogP contribution in [0.15, 0.2) is 0 Å². The van der Waals surface area contributed by atoms with Gasteiger partial charge in [-0.15, -0.1) is 0 Å². The Labute approximate surface area is 253 Å². The molecule has 0 aromatic rings. The van der Waals surface area contributed by atoms with Gasteiger partial charge in [0, 0.05) is 0 Å². The van der Waals surface area contributed by atoms with Gasteiger partial charge in [0.1, 0.15) is 73.2 Å². The maximum Gasteiger partial charge on any atom is 0.187 e. The standard InChI is InChI=1S/C26H48O18/c1-3-10(5-27)38-9-11(4-2)39-24-20(36)17(33)22(13(7-29)41-24)44-26-21(37)18(34)23(14(8-30)42-26)43-25-19(35)16(32)15(31)12(6-28)40-25/h10-37H,3-9H2,1-2H3/t10?,11?,12?,13?,14?,15-,16-,17+,18+,19?,20?,21?,22-,23-,24+,25-,26-/m0/s1. The van der Waals surface area contributed by atoms with Gasteiger partial charge in [-0.05, 0) is 12.8 Å². The van der Waals surface area contributed by atoms with Crippen LogP contribution >= 0.6 is 0 Å². The number of ether oxygens (including phenoxy) is 7. The van der Waals surface area contributed by atoms with Crippen molar-refractivity contribution in [2.75, 3.05) is 33.0 Å². The number of hydrogen-bond donors (Lipinski definition) is 11. The lowest BCUT2D eigenvalue weighted by Gasteiger charge is -2.48. The molecule has 18 heteroatoms. The molecule has 17 atom stereocenters. The third-order valence-electron chi connectivity index (χ3n) is 8.03. The zero-order valence-electron chi connectivity index (χ0n) is 24.5. The molecule has 3 aliphatic heterocycles. The van der Waals surface area contributed by atoms with Crippen LogP contribution in [-0.2, 0) is 33.2 Å². The van der Waals surface area contributed by atoms with Gasteiger partial charge in [0.15, 0.2) is 18.9 Å². The summed E-state index contributed by atoms with van der Waals surface area (Å²) in [5, 5.41) is 112.